The quantitative estimate of drug-likeness (QED) is 0.149. The number of halogens is 1. The van der Waals surface area contributed by atoms with E-state index in [2.05, 4.69) is 92.4 Å². The van der Waals surface area contributed by atoms with Gasteiger partial charge in [-0.15, -0.1) is 0 Å². The van der Waals surface area contributed by atoms with Crippen LogP contribution in [0.3, 0.4) is 0 Å². The number of ether oxygens (including phenoxy) is 1. The fourth-order valence-electron chi connectivity index (χ4n) is 3.82. The smallest absolute Gasteiger partial charge is 0.334 e. The predicted octanol–water partition coefficient (Wildman–Crippen LogP) is 2.28. The van der Waals surface area contributed by atoms with E-state index in [1.165, 1.54) is 15.9 Å². The molecule has 0 bridgehead atoms. The lowest BCUT2D eigenvalue weighted by Gasteiger charge is -2.30. The van der Waals surface area contributed by atoms with Crippen molar-refractivity contribution >= 4 is 37.5 Å². The minimum absolute atomic E-state index is 0. The van der Waals surface area contributed by atoms with Crippen molar-refractivity contribution in [1.82, 2.24) is 0 Å². The Balaban J connectivity index is 0.00000385. The Labute approximate surface area is 205 Å². The van der Waals surface area contributed by atoms with Gasteiger partial charge in [-0.05, 0) is 63.0 Å². The molecule has 174 valence electrons. The van der Waals surface area contributed by atoms with Crippen LogP contribution in [0.1, 0.15) is 6.92 Å². The van der Waals surface area contributed by atoms with E-state index >= 15 is 0 Å². The Kier molecular flexibility index (Phi) is 9.91. The summed E-state index contributed by atoms with van der Waals surface area (Å²) in [4.78, 5) is 12.5. The third kappa shape index (κ3) is 7.04. The molecule has 0 aromatic heterocycles. The summed E-state index contributed by atoms with van der Waals surface area (Å²) in [5, 5.41) is 3.77. The molecule has 0 amide bonds. The van der Waals surface area contributed by atoms with Crippen LogP contribution >= 0.6 is 7.26 Å². The van der Waals surface area contributed by atoms with Crippen molar-refractivity contribution in [1.29, 1.82) is 0 Å². The predicted molar refractivity (Wildman–Crippen MR) is 139 cm³/mol. The number of esters is 1. The molecule has 0 aliphatic carbocycles. The summed E-state index contributed by atoms with van der Waals surface area (Å²) in [5.41, 5.74) is 0. The molecule has 0 saturated heterocycles. The summed E-state index contributed by atoms with van der Waals surface area (Å²) in [6.45, 7) is 8.57. The molecule has 6 heteroatoms. The summed E-state index contributed by atoms with van der Waals surface area (Å²) in [5.74, 6) is 0.348. The molecule has 0 radical (unpaired) electrons. The molecule has 0 N–H and O–H groups in total. The molecular weight excluding hydrogens is 467 g/mol. The Morgan fingerprint density at radius 1 is 0.788 bits per heavy atom. The lowest BCUT2D eigenvalue weighted by molar-refractivity contribution is -0.137. The number of hydrogen-bond donors (Lipinski definition) is 0. The van der Waals surface area contributed by atoms with Crippen LogP contribution in [0.5, 0.6) is 0 Å². The van der Waals surface area contributed by atoms with Crippen molar-refractivity contribution in [3.63, 3.8) is 0 Å². The summed E-state index contributed by atoms with van der Waals surface area (Å²) in [6.07, 6.45) is 2.18. The zero-order valence-corrected chi connectivity index (χ0v) is 22.4. The number of hydrogen-bond acceptors (Lipinski definition) is 3. The maximum atomic E-state index is 12.5. The first-order chi connectivity index (χ1) is 15.3. The minimum Gasteiger partial charge on any atom is -1.00 e. The van der Waals surface area contributed by atoms with Crippen LogP contribution in [-0.2, 0) is 14.0 Å². The van der Waals surface area contributed by atoms with E-state index in [-0.39, 0.29) is 18.4 Å². The second-order valence-corrected chi connectivity index (χ2v) is 16.5. The molecule has 0 saturated carbocycles. The lowest BCUT2D eigenvalue weighted by atomic mass is 10.4. The van der Waals surface area contributed by atoms with E-state index < -0.39 is 15.6 Å². The molecule has 3 rings (SSSR count). The van der Waals surface area contributed by atoms with Crippen LogP contribution < -0.4 is 28.3 Å². The van der Waals surface area contributed by atoms with Crippen molar-refractivity contribution in [2.24, 2.45) is 0 Å². The Hall–Kier alpha value is -2.39. The van der Waals surface area contributed by atoms with Gasteiger partial charge in [0, 0.05) is 0 Å². The van der Waals surface area contributed by atoms with E-state index in [0.29, 0.717) is 18.5 Å². The molecule has 3 aromatic rings. The number of benzene rings is 3. The normalized spacial score (nSPS) is 11.9. The summed E-state index contributed by atoms with van der Waals surface area (Å²) >= 11 is 0. The van der Waals surface area contributed by atoms with Crippen molar-refractivity contribution in [3.05, 3.63) is 103 Å². The lowest BCUT2D eigenvalue weighted by Crippen LogP contribution is -3.00. The molecule has 0 aliphatic heterocycles. The first kappa shape index (κ1) is 26.9. The molecular formula is C27H32ClO3PSi. The van der Waals surface area contributed by atoms with Crippen molar-refractivity contribution < 1.29 is 26.4 Å². The van der Waals surface area contributed by atoms with Crippen LogP contribution in [0.2, 0.25) is 19.6 Å². The topological polar surface area (TPSA) is 35.5 Å². The Morgan fingerprint density at radius 3 is 1.52 bits per heavy atom. The van der Waals surface area contributed by atoms with Crippen LogP contribution in [0.4, 0.5) is 0 Å². The maximum absolute atomic E-state index is 12.5. The molecule has 0 heterocycles. The van der Waals surface area contributed by atoms with E-state index in [0.717, 1.165) is 0 Å². The van der Waals surface area contributed by atoms with Gasteiger partial charge in [0.25, 0.3) is 0 Å². The molecule has 3 aromatic carbocycles. The summed E-state index contributed by atoms with van der Waals surface area (Å²) in [7, 11) is -4.12. The van der Waals surface area contributed by atoms with Gasteiger partial charge >= 0.3 is 5.97 Å². The first-order valence-corrected chi connectivity index (χ1v) is 16.3. The average Bonchev–Trinajstić information content (AvgIpc) is 2.78. The first-order valence-electron chi connectivity index (χ1n) is 11.0. The molecule has 0 aliphatic rings. The van der Waals surface area contributed by atoms with Gasteiger partial charge in [0.15, 0.2) is 0 Å². The molecule has 33 heavy (non-hydrogen) atoms. The van der Waals surface area contributed by atoms with Crippen molar-refractivity contribution in [2.75, 3.05) is 12.8 Å². The molecule has 3 nitrogen and oxygen atoms in total. The minimum atomic E-state index is -2.15. The maximum Gasteiger partial charge on any atom is 0.334 e. The fraction of sp³-hybridized carbons (Fsp3) is 0.222. The number of allylic oxidation sites excluding steroid dienone is 1. The van der Waals surface area contributed by atoms with Gasteiger partial charge in [-0.3, -0.25) is 0 Å². The highest BCUT2D eigenvalue weighted by atomic mass is 35.5. The molecule has 0 atom stereocenters. The highest BCUT2D eigenvalue weighted by Gasteiger charge is 2.47. The van der Waals surface area contributed by atoms with E-state index in [1.54, 1.807) is 6.08 Å². The summed E-state index contributed by atoms with van der Waals surface area (Å²) in [6, 6.07) is 31.8. The van der Waals surface area contributed by atoms with E-state index in [9.17, 15) is 4.79 Å². The van der Waals surface area contributed by atoms with Crippen LogP contribution in [0.15, 0.2) is 103 Å². The van der Waals surface area contributed by atoms with Gasteiger partial charge in [0.1, 0.15) is 35.1 Å². The van der Waals surface area contributed by atoms with Gasteiger partial charge in [0.2, 0.25) is 8.32 Å². The van der Waals surface area contributed by atoms with Crippen LogP contribution in [0.25, 0.3) is 0 Å². The highest BCUT2D eigenvalue weighted by Crippen LogP contribution is 2.56. The van der Waals surface area contributed by atoms with Gasteiger partial charge in [-0.25, -0.2) is 4.79 Å². The standard InChI is InChI=1S/C27H32O3PSi.ClH/c1-5-29-27(28)21-23(30-32(2,3)4)22-31(24-15-9-6-10-16-24,25-17-11-7-12-18-25)26-19-13-8-14-20-26;/h6-21H,5,22H2,1-4H3;1H/q+1;/p-1/b23-21+;. The Bertz CT molecular complexity index is 939. The van der Waals surface area contributed by atoms with Crippen molar-refractivity contribution in [3.8, 4) is 0 Å². The van der Waals surface area contributed by atoms with Gasteiger partial charge < -0.3 is 21.6 Å². The number of carbonyl (C=O) groups excluding carboxylic acids is 1. The largest absolute Gasteiger partial charge is 1.00 e. The van der Waals surface area contributed by atoms with Crippen molar-refractivity contribution in [2.45, 2.75) is 26.6 Å². The third-order valence-corrected chi connectivity index (χ3v) is 10.2. The van der Waals surface area contributed by atoms with Gasteiger partial charge in [-0.2, -0.15) is 0 Å². The molecule has 0 fully saturated rings. The number of carbonyl (C=O) groups is 1. The third-order valence-electron chi connectivity index (χ3n) is 4.99. The fourth-order valence-corrected chi connectivity index (χ4v) is 8.97. The SMILES string of the molecule is CCOC(=O)/C=C(\C[P+](c1ccccc1)(c1ccccc1)c1ccccc1)O[Si](C)(C)C.[Cl-]. The zero-order chi connectivity index (χ0) is 23.0. The van der Waals surface area contributed by atoms with Crippen LogP contribution in [-0.4, -0.2) is 27.1 Å². The van der Waals surface area contributed by atoms with E-state index in [4.69, 9.17) is 9.16 Å². The second-order valence-electron chi connectivity index (χ2n) is 8.55. The average molecular weight is 499 g/mol. The Morgan fingerprint density at radius 2 is 1.18 bits per heavy atom. The molecule has 0 spiro atoms. The van der Waals surface area contributed by atoms with E-state index in [1.807, 2.05) is 25.1 Å². The highest BCUT2D eigenvalue weighted by molar-refractivity contribution is 7.95. The molecule has 0 unspecified atom stereocenters. The van der Waals surface area contributed by atoms with Crippen LogP contribution in [0, 0.1) is 0 Å². The monoisotopic (exact) mass is 498 g/mol. The van der Waals surface area contributed by atoms with Gasteiger partial charge in [-0.1, -0.05) is 54.6 Å². The summed E-state index contributed by atoms with van der Waals surface area (Å²) < 4.78 is 11.8. The number of rotatable bonds is 9. The zero-order valence-electron chi connectivity index (χ0n) is 19.7. The van der Waals surface area contributed by atoms with Gasteiger partial charge in [0.05, 0.1) is 12.7 Å². The second kappa shape index (κ2) is 12.2.